The van der Waals surface area contributed by atoms with Crippen LogP contribution in [0.15, 0.2) is 0 Å². The van der Waals surface area contributed by atoms with Crippen LogP contribution in [0.2, 0.25) is 0 Å². The van der Waals surface area contributed by atoms with E-state index < -0.39 is 0 Å². The Labute approximate surface area is 106 Å². The molecule has 0 bridgehead atoms. The van der Waals surface area contributed by atoms with Gasteiger partial charge in [0.2, 0.25) is 0 Å². The van der Waals surface area contributed by atoms with E-state index >= 15 is 0 Å². The molecule has 0 aliphatic rings. The van der Waals surface area contributed by atoms with Crippen molar-refractivity contribution in [2.24, 2.45) is 0 Å². The summed E-state index contributed by atoms with van der Waals surface area (Å²) in [5.74, 6) is 0. The van der Waals surface area contributed by atoms with Gasteiger partial charge in [-0.2, -0.15) is 0 Å². The Morgan fingerprint density at radius 2 is 1.38 bits per heavy atom. The molecule has 1 nitrogen and oxygen atoms in total. The van der Waals surface area contributed by atoms with Crippen LogP contribution in [0.5, 0.6) is 0 Å². The van der Waals surface area contributed by atoms with Gasteiger partial charge in [-0.15, -0.1) is 0 Å². The van der Waals surface area contributed by atoms with Gasteiger partial charge >= 0.3 is 0 Å². The molecule has 0 saturated heterocycles. The number of benzene rings is 1. The summed E-state index contributed by atoms with van der Waals surface area (Å²) in [7, 11) is 0. The minimum atomic E-state index is 0.140. The third-order valence-corrected chi connectivity index (χ3v) is 5.50. The molecule has 1 aromatic carbocycles. The molecule has 0 fully saturated rings. The fourth-order valence-corrected chi connectivity index (χ4v) is 3.03. The predicted molar refractivity (Wildman–Crippen MR) is 72.0 cm³/mol. The van der Waals surface area contributed by atoms with Crippen LogP contribution >= 0.6 is 45.2 Å². The molecule has 0 atom stereocenters. The highest BCUT2D eigenvalue weighted by Crippen LogP contribution is 2.29. The van der Waals surface area contributed by atoms with Gasteiger partial charge in [0.05, 0.1) is 6.61 Å². The zero-order chi connectivity index (χ0) is 10.2. The number of halogens is 2. The lowest BCUT2D eigenvalue weighted by Crippen LogP contribution is -2.02. The summed E-state index contributed by atoms with van der Waals surface area (Å²) in [6, 6.07) is 0. The van der Waals surface area contributed by atoms with Crippen LogP contribution in [-0.4, -0.2) is 5.11 Å². The van der Waals surface area contributed by atoms with E-state index in [1.165, 1.54) is 23.8 Å². The Kier molecular flexibility index (Phi) is 4.00. The maximum Gasteiger partial charge on any atom is 0.0695 e. The van der Waals surface area contributed by atoms with Crippen molar-refractivity contribution in [3.8, 4) is 0 Å². The molecule has 0 unspecified atom stereocenters. The summed E-state index contributed by atoms with van der Waals surface area (Å²) in [6.07, 6.45) is 0. The van der Waals surface area contributed by atoms with Crippen LogP contribution in [0, 0.1) is 27.9 Å². The van der Waals surface area contributed by atoms with Crippen LogP contribution in [0.4, 0.5) is 0 Å². The molecule has 0 aliphatic heterocycles. The molecule has 0 aliphatic carbocycles. The standard InChI is InChI=1S/C10H12I2O/c1-5-6(2)10(12)8(4-13)7(3)9(5)11/h13H,4H2,1-3H3. The normalized spacial score (nSPS) is 10.6. The molecule has 13 heavy (non-hydrogen) atoms. The van der Waals surface area contributed by atoms with E-state index in [0.29, 0.717) is 0 Å². The molecule has 1 aromatic rings. The first-order valence-corrected chi connectivity index (χ1v) is 6.21. The average molecular weight is 402 g/mol. The minimum Gasteiger partial charge on any atom is -0.392 e. The second-order valence-electron chi connectivity index (χ2n) is 3.14. The maximum absolute atomic E-state index is 9.23. The van der Waals surface area contributed by atoms with Gasteiger partial charge in [0.15, 0.2) is 0 Å². The van der Waals surface area contributed by atoms with Crippen LogP contribution in [-0.2, 0) is 6.61 Å². The van der Waals surface area contributed by atoms with Gasteiger partial charge in [-0.25, -0.2) is 0 Å². The summed E-state index contributed by atoms with van der Waals surface area (Å²) >= 11 is 4.66. The van der Waals surface area contributed by atoms with E-state index in [0.717, 1.165) is 5.56 Å². The highest BCUT2D eigenvalue weighted by molar-refractivity contribution is 14.1. The minimum absolute atomic E-state index is 0.140. The lowest BCUT2D eigenvalue weighted by atomic mass is 10.0. The SMILES string of the molecule is Cc1c(C)c(I)c(CO)c(C)c1I. The number of hydrogen-bond donors (Lipinski definition) is 1. The molecule has 1 N–H and O–H groups in total. The summed E-state index contributed by atoms with van der Waals surface area (Å²) in [5.41, 5.74) is 4.92. The van der Waals surface area contributed by atoms with Crippen molar-refractivity contribution in [1.82, 2.24) is 0 Å². The van der Waals surface area contributed by atoms with E-state index in [1.54, 1.807) is 0 Å². The van der Waals surface area contributed by atoms with Crippen molar-refractivity contribution in [3.63, 3.8) is 0 Å². The van der Waals surface area contributed by atoms with E-state index in [4.69, 9.17) is 0 Å². The van der Waals surface area contributed by atoms with Crippen molar-refractivity contribution in [3.05, 3.63) is 29.4 Å². The lowest BCUT2D eigenvalue weighted by molar-refractivity contribution is 0.280. The number of aliphatic hydroxyl groups excluding tert-OH is 1. The first-order valence-electron chi connectivity index (χ1n) is 4.05. The molecule has 0 amide bonds. The molecular weight excluding hydrogens is 390 g/mol. The molecule has 0 spiro atoms. The average Bonchev–Trinajstić information content (AvgIpc) is 2.13. The molecule has 72 valence electrons. The number of aliphatic hydroxyl groups is 1. The van der Waals surface area contributed by atoms with Crippen molar-refractivity contribution < 1.29 is 5.11 Å². The highest BCUT2D eigenvalue weighted by Gasteiger charge is 2.12. The van der Waals surface area contributed by atoms with E-state index in [1.807, 2.05) is 0 Å². The quantitative estimate of drug-likeness (QED) is 0.716. The summed E-state index contributed by atoms with van der Waals surface area (Å²) in [4.78, 5) is 0. The molecule has 0 heterocycles. The zero-order valence-corrected chi connectivity index (χ0v) is 12.2. The highest BCUT2D eigenvalue weighted by atomic mass is 127. The van der Waals surface area contributed by atoms with Gasteiger partial charge in [0.1, 0.15) is 0 Å². The van der Waals surface area contributed by atoms with Crippen LogP contribution in [0.1, 0.15) is 22.3 Å². The molecule has 3 heteroatoms. The fraction of sp³-hybridized carbons (Fsp3) is 0.400. The molecule has 0 radical (unpaired) electrons. The summed E-state index contributed by atoms with van der Waals surface area (Å²) < 4.78 is 2.48. The van der Waals surface area contributed by atoms with Gasteiger partial charge in [-0.05, 0) is 88.2 Å². The van der Waals surface area contributed by atoms with Gasteiger partial charge in [0, 0.05) is 7.14 Å². The van der Waals surface area contributed by atoms with Crippen molar-refractivity contribution in [2.45, 2.75) is 27.4 Å². The number of hydrogen-bond acceptors (Lipinski definition) is 1. The second kappa shape index (κ2) is 4.44. The third-order valence-electron chi connectivity index (χ3n) is 2.43. The van der Waals surface area contributed by atoms with Gasteiger partial charge in [0.25, 0.3) is 0 Å². The first kappa shape index (κ1) is 11.7. The van der Waals surface area contributed by atoms with E-state index in [2.05, 4.69) is 66.0 Å². The Bertz CT molecular complexity index is 316. The predicted octanol–water partition coefficient (Wildman–Crippen LogP) is 3.31. The van der Waals surface area contributed by atoms with Crippen molar-refractivity contribution in [2.75, 3.05) is 0 Å². The van der Waals surface area contributed by atoms with Crippen molar-refractivity contribution in [1.29, 1.82) is 0 Å². The molecule has 0 aromatic heterocycles. The second-order valence-corrected chi connectivity index (χ2v) is 5.30. The topological polar surface area (TPSA) is 20.2 Å². The molecular formula is C10H12I2O. The van der Waals surface area contributed by atoms with Gasteiger partial charge in [-0.3, -0.25) is 0 Å². The Hall–Kier alpha value is 0.640. The van der Waals surface area contributed by atoms with E-state index in [-0.39, 0.29) is 6.61 Å². The largest absolute Gasteiger partial charge is 0.392 e. The molecule has 0 saturated carbocycles. The van der Waals surface area contributed by atoms with Crippen LogP contribution < -0.4 is 0 Å². The molecule has 1 rings (SSSR count). The summed E-state index contributed by atoms with van der Waals surface area (Å²) in [6.45, 7) is 6.45. The summed E-state index contributed by atoms with van der Waals surface area (Å²) in [5, 5.41) is 9.23. The number of rotatable bonds is 1. The van der Waals surface area contributed by atoms with Crippen molar-refractivity contribution >= 4 is 45.2 Å². The van der Waals surface area contributed by atoms with Gasteiger partial charge in [-0.1, -0.05) is 0 Å². The lowest BCUT2D eigenvalue weighted by Gasteiger charge is -2.14. The maximum atomic E-state index is 9.23. The third kappa shape index (κ3) is 2.02. The van der Waals surface area contributed by atoms with E-state index in [9.17, 15) is 5.11 Å². The zero-order valence-electron chi connectivity index (χ0n) is 7.91. The Balaban J connectivity index is 3.56. The van der Waals surface area contributed by atoms with Crippen LogP contribution in [0.3, 0.4) is 0 Å². The first-order chi connectivity index (χ1) is 6.00. The van der Waals surface area contributed by atoms with Gasteiger partial charge < -0.3 is 5.11 Å². The van der Waals surface area contributed by atoms with Crippen LogP contribution in [0.25, 0.3) is 0 Å². The monoisotopic (exact) mass is 402 g/mol. The Morgan fingerprint density at radius 3 is 1.85 bits per heavy atom. The fourth-order valence-electron chi connectivity index (χ4n) is 1.32. The Morgan fingerprint density at radius 1 is 0.923 bits per heavy atom. The smallest absolute Gasteiger partial charge is 0.0695 e.